The topological polar surface area (TPSA) is 20.2 Å². The van der Waals surface area contributed by atoms with Crippen molar-refractivity contribution in [2.45, 2.75) is 44.9 Å². The van der Waals surface area contributed by atoms with Gasteiger partial charge in [-0.25, -0.2) is 0 Å². The van der Waals surface area contributed by atoms with Crippen molar-refractivity contribution in [3.05, 3.63) is 59.0 Å². The van der Waals surface area contributed by atoms with Gasteiger partial charge in [0.2, 0.25) is 0 Å². The van der Waals surface area contributed by atoms with E-state index in [2.05, 4.69) is 47.9 Å². The molecule has 1 aromatic rings. The Morgan fingerprint density at radius 2 is 1.91 bits per heavy atom. The van der Waals surface area contributed by atoms with E-state index in [1.807, 2.05) is 11.8 Å². The first-order valence-electron chi connectivity index (χ1n) is 8.97. The highest BCUT2D eigenvalue weighted by Gasteiger charge is 2.37. The summed E-state index contributed by atoms with van der Waals surface area (Å²) in [5.74, 6) is 2.01. The number of rotatable bonds is 7. The summed E-state index contributed by atoms with van der Waals surface area (Å²) in [5, 5.41) is 11.3. The average Bonchev–Trinajstić information content (AvgIpc) is 3.08. The van der Waals surface area contributed by atoms with Gasteiger partial charge < -0.3 is 5.11 Å². The van der Waals surface area contributed by atoms with E-state index >= 15 is 0 Å². The van der Waals surface area contributed by atoms with Gasteiger partial charge in [0.05, 0.1) is 0 Å². The van der Waals surface area contributed by atoms with Crippen LogP contribution in [0, 0.1) is 11.3 Å². The molecule has 1 aliphatic heterocycles. The van der Waals surface area contributed by atoms with Crippen molar-refractivity contribution in [3.63, 3.8) is 0 Å². The Hall–Kier alpha value is -0.990. The molecule has 3 rings (SSSR count). The van der Waals surface area contributed by atoms with Crippen LogP contribution in [0.4, 0.5) is 0 Å². The zero-order valence-corrected chi connectivity index (χ0v) is 14.7. The number of aryl methyl sites for hydroxylation is 1. The lowest BCUT2D eigenvalue weighted by atomic mass is 9.70. The molecule has 2 unspecified atom stereocenters. The van der Waals surface area contributed by atoms with Crippen molar-refractivity contribution in [3.8, 4) is 0 Å². The SMILES string of the molecule is OCCc1ccc(CCCC2(C3C=CCCC3)C=CSC2)cc1. The molecule has 2 aliphatic rings. The highest BCUT2D eigenvalue weighted by molar-refractivity contribution is 8.02. The fourth-order valence-corrected chi connectivity index (χ4v) is 5.15. The number of hydrogen-bond acceptors (Lipinski definition) is 2. The molecule has 124 valence electrons. The smallest absolute Gasteiger partial charge is 0.0471 e. The van der Waals surface area contributed by atoms with Crippen LogP contribution in [0.25, 0.3) is 0 Å². The lowest BCUT2D eigenvalue weighted by Gasteiger charge is -2.36. The Kier molecular flexibility index (Phi) is 6.02. The first-order chi connectivity index (χ1) is 11.3. The van der Waals surface area contributed by atoms with E-state index in [4.69, 9.17) is 5.11 Å². The summed E-state index contributed by atoms with van der Waals surface area (Å²) in [4.78, 5) is 0. The van der Waals surface area contributed by atoms with E-state index in [1.165, 1.54) is 49.0 Å². The third kappa shape index (κ3) is 4.30. The van der Waals surface area contributed by atoms with Crippen LogP contribution in [0.5, 0.6) is 0 Å². The van der Waals surface area contributed by atoms with Gasteiger partial charge in [-0.3, -0.25) is 0 Å². The van der Waals surface area contributed by atoms with Gasteiger partial charge in [-0.1, -0.05) is 42.5 Å². The second kappa shape index (κ2) is 8.21. The molecule has 0 radical (unpaired) electrons. The quantitative estimate of drug-likeness (QED) is 0.699. The number of benzene rings is 1. The molecule has 0 bridgehead atoms. The van der Waals surface area contributed by atoms with E-state index in [0.717, 1.165) is 18.8 Å². The molecule has 0 amide bonds. The molecule has 0 saturated carbocycles. The van der Waals surface area contributed by atoms with Crippen LogP contribution >= 0.6 is 11.8 Å². The molecular weight excluding hydrogens is 300 g/mol. The molecule has 0 aromatic heterocycles. The Bertz CT molecular complexity index is 545. The Morgan fingerprint density at radius 1 is 1.13 bits per heavy atom. The molecule has 23 heavy (non-hydrogen) atoms. The Balaban J connectivity index is 1.56. The lowest BCUT2D eigenvalue weighted by molar-refractivity contribution is 0.264. The molecule has 1 aliphatic carbocycles. The van der Waals surface area contributed by atoms with E-state index in [9.17, 15) is 0 Å². The molecule has 0 saturated heterocycles. The molecule has 1 aromatic carbocycles. The lowest BCUT2D eigenvalue weighted by Crippen LogP contribution is -2.29. The van der Waals surface area contributed by atoms with Gasteiger partial charge >= 0.3 is 0 Å². The molecule has 1 heterocycles. The van der Waals surface area contributed by atoms with Gasteiger partial charge in [0.25, 0.3) is 0 Å². The summed E-state index contributed by atoms with van der Waals surface area (Å²) >= 11 is 1.99. The molecular formula is C21H28OS. The number of aliphatic hydroxyl groups is 1. The third-order valence-electron chi connectivity index (χ3n) is 5.37. The molecule has 1 N–H and O–H groups in total. The number of aliphatic hydroxyl groups excluding tert-OH is 1. The van der Waals surface area contributed by atoms with Crippen molar-refractivity contribution >= 4 is 11.8 Å². The van der Waals surface area contributed by atoms with Crippen molar-refractivity contribution < 1.29 is 5.11 Å². The van der Waals surface area contributed by atoms with E-state index in [0.29, 0.717) is 5.41 Å². The minimum Gasteiger partial charge on any atom is -0.396 e. The van der Waals surface area contributed by atoms with Crippen LogP contribution in [-0.2, 0) is 12.8 Å². The van der Waals surface area contributed by atoms with Crippen LogP contribution in [0.1, 0.15) is 43.2 Å². The minimum absolute atomic E-state index is 0.237. The summed E-state index contributed by atoms with van der Waals surface area (Å²) < 4.78 is 0. The first kappa shape index (κ1) is 16.9. The largest absolute Gasteiger partial charge is 0.396 e. The van der Waals surface area contributed by atoms with Crippen LogP contribution in [-0.4, -0.2) is 17.5 Å². The average molecular weight is 329 g/mol. The van der Waals surface area contributed by atoms with Gasteiger partial charge in [-0.2, -0.15) is 0 Å². The van der Waals surface area contributed by atoms with Gasteiger partial charge in [0.1, 0.15) is 0 Å². The Labute approximate surface area is 144 Å². The van der Waals surface area contributed by atoms with Crippen LogP contribution in [0.15, 0.2) is 47.9 Å². The van der Waals surface area contributed by atoms with Gasteiger partial charge in [-0.05, 0) is 67.4 Å². The van der Waals surface area contributed by atoms with E-state index < -0.39 is 0 Å². The summed E-state index contributed by atoms with van der Waals surface area (Å²) in [6.07, 6.45) is 15.8. The first-order valence-corrected chi connectivity index (χ1v) is 10.0. The van der Waals surface area contributed by atoms with Gasteiger partial charge in [0.15, 0.2) is 0 Å². The van der Waals surface area contributed by atoms with Crippen LogP contribution in [0.3, 0.4) is 0 Å². The normalized spacial score (nSPS) is 26.7. The molecule has 1 nitrogen and oxygen atoms in total. The summed E-state index contributed by atoms with van der Waals surface area (Å²) in [5.41, 5.74) is 3.06. The predicted molar refractivity (Wildman–Crippen MR) is 101 cm³/mol. The zero-order chi connectivity index (χ0) is 16.0. The number of hydrogen-bond donors (Lipinski definition) is 1. The van der Waals surface area contributed by atoms with E-state index in [1.54, 1.807) is 0 Å². The van der Waals surface area contributed by atoms with Crippen LogP contribution < -0.4 is 0 Å². The number of thioether (sulfide) groups is 1. The second-order valence-electron chi connectivity index (χ2n) is 6.96. The van der Waals surface area contributed by atoms with Crippen molar-refractivity contribution in [1.82, 2.24) is 0 Å². The van der Waals surface area contributed by atoms with Gasteiger partial charge in [0, 0.05) is 17.8 Å². The standard InChI is InChI=1S/C21H28OS/c22-15-12-19-10-8-18(9-11-19)5-4-13-21(14-16-23-17-21)20-6-2-1-3-7-20/h2,6,8-11,14,16,20,22H,1,3-5,7,12-13,15,17H2. The molecule has 0 spiro atoms. The third-order valence-corrected chi connectivity index (χ3v) is 6.40. The second-order valence-corrected chi connectivity index (χ2v) is 7.85. The Morgan fingerprint density at radius 3 is 2.52 bits per heavy atom. The van der Waals surface area contributed by atoms with Crippen LogP contribution in [0.2, 0.25) is 0 Å². The maximum atomic E-state index is 8.99. The maximum absolute atomic E-state index is 8.99. The molecule has 2 heteroatoms. The minimum atomic E-state index is 0.237. The highest BCUT2D eigenvalue weighted by atomic mass is 32.2. The number of allylic oxidation sites excluding steroid dienone is 3. The molecule has 0 fully saturated rings. The summed E-state index contributed by atoms with van der Waals surface area (Å²) in [6.45, 7) is 0.237. The predicted octanol–water partition coefficient (Wildman–Crippen LogP) is 5.15. The summed E-state index contributed by atoms with van der Waals surface area (Å²) in [7, 11) is 0. The summed E-state index contributed by atoms with van der Waals surface area (Å²) in [6, 6.07) is 8.79. The van der Waals surface area contributed by atoms with Crippen molar-refractivity contribution in [2.75, 3.05) is 12.4 Å². The van der Waals surface area contributed by atoms with Crippen molar-refractivity contribution in [2.24, 2.45) is 11.3 Å². The molecule has 2 atom stereocenters. The monoisotopic (exact) mass is 328 g/mol. The highest BCUT2D eigenvalue weighted by Crippen LogP contribution is 2.47. The van der Waals surface area contributed by atoms with Gasteiger partial charge in [-0.15, -0.1) is 11.8 Å². The maximum Gasteiger partial charge on any atom is 0.0471 e. The fraction of sp³-hybridized carbons (Fsp3) is 0.524. The zero-order valence-electron chi connectivity index (χ0n) is 13.9. The fourth-order valence-electron chi connectivity index (χ4n) is 3.92. The van der Waals surface area contributed by atoms with Crippen molar-refractivity contribution in [1.29, 1.82) is 0 Å². The van der Waals surface area contributed by atoms with E-state index in [-0.39, 0.29) is 6.61 Å².